The van der Waals surface area contributed by atoms with Gasteiger partial charge in [-0.15, -0.1) is 23.1 Å². The van der Waals surface area contributed by atoms with Crippen molar-refractivity contribution in [3.05, 3.63) is 39.1 Å². The molecular weight excluding hydrogens is 588 g/mol. The van der Waals surface area contributed by atoms with Gasteiger partial charge in [-0.05, 0) is 37.6 Å². The predicted octanol–water partition coefficient (Wildman–Crippen LogP) is 4.13. The number of hydrogen-bond acceptors (Lipinski definition) is 10. The quantitative estimate of drug-likeness (QED) is 0.341. The molecule has 9 nitrogen and oxygen atoms in total. The minimum atomic E-state index is -0.159. The lowest BCUT2D eigenvalue weighted by molar-refractivity contribution is 0.126. The maximum absolute atomic E-state index is 14.1. The van der Waals surface area contributed by atoms with E-state index in [0.717, 1.165) is 114 Å². The van der Waals surface area contributed by atoms with Crippen molar-refractivity contribution >= 4 is 67.5 Å². The van der Waals surface area contributed by atoms with E-state index in [4.69, 9.17) is 27.3 Å². The summed E-state index contributed by atoms with van der Waals surface area (Å²) in [6.45, 7) is 10.0. The molecule has 8 rings (SSSR count). The number of likely N-dealkylation sites (N-methyl/N-ethyl adjacent to an activating group) is 1. The highest BCUT2D eigenvalue weighted by Gasteiger charge is 2.36. The van der Waals surface area contributed by atoms with E-state index < -0.39 is 0 Å². The molecule has 3 fully saturated rings. The Morgan fingerprint density at radius 2 is 1.86 bits per heavy atom. The number of nitrogens with zero attached hydrogens (tertiary/aromatic N) is 6. The molecule has 3 N–H and O–H groups in total. The van der Waals surface area contributed by atoms with Crippen molar-refractivity contribution in [2.24, 2.45) is 0 Å². The largest absolute Gasteiger partial charge is 0.384 e. The van der Waals surface area contributed by atoms with Crippen molar-refractivity contribution in [2.45, 2.75) is 42.8 Å². The van der Waals surface area contributed by atoms with Crippen LogP contribution in [0.5, 0.6) is 0 Å². The van der Waals surface area contributed by atoms with E-state index in [-0.39, 0.29) is 11.7 Å². The number of aromatic nitrogens is 3. The number of halogens is 1. The van der Waals surface area contributed by atoms with Gasteiger partial charge in [0.15, 0.2) is 0 Å². The molecule has 0 spiro atoms. The second-order valence-electron chi connectivity index (χ2n) is 12.0. The second-order valence-corrected chi connectivity index (χ2v) is 14.4. The number of nitrogens with two attached hydrogens (primary N) is 1. The number of anilines is 2. The third kappa shape index (κ3) is 4.51. The topological polar surface area (TPSA) is 95.6 Å². The number of thiophene rings is 1. The maximum Gasteiger partial charge on any atom is 0.350 e. The number of benzene rings is 1. The van der Waals surface area contributed by atoms with Crippen molar-refractivity contribution in [3.8, 4) is 11.1 Å². The van der Waals surface area contributed by atoms with Gasteiger partial charge in [0.05, 0.1) is 26.8 Å². The lowest BCUT2D eigenvalue weighted by Gasteiger charge is -2.38. The molecule has 3 aromatic heterocycles. The molecule has 220 valence electrons. The van der Waals surface area contributed by atoms with Crippen LogP contribution in [-0.4, -0.2) is 94.5 Å². The zero-order valence-corrected chi connectivity index (χ0v) is 26.1. The molecule has 2 bridgehead atoms. The minimum Gasteiger partial charge on any atom is -0.384 e. The van der Waals surface area contributed by atoms with Crippen LogP contribution >= 0.6 is 34.7 Å². The van der Waals surface area contributed by atoms with Crippen molar-refractivity contribution in [1.82, 2.24) is 29.7 Å². The van der Waals surface area contributed by atoms with E-state index in [2.05, 4.69) is 38.4 Å². The Morgan fingerprint density at radius 1 is 1.10 bits per heavy atom. The average Bonchev–Trinajstić information content (AvgIpc) is 3.56. The first-order valence-corrected chi connectivity index (χ1v) is 17.2. The van der Waals surface area contributed by atoms with Crippen LogP contribution in [0.3, 0.4) is 0 Å². The summed E-state index contributed by atoms with van der Waals surface area (Å²) in [5.74, 6) is 2.05. The summed E-state index contributed by atoms with van der Waals surface area (Å²) in [7, 11) is 0. The van der Waals surface area contributed by atoms with E-state index in [0.29, 0.717) is 22.9 Å². The van der Waals surface area contributed by atoms with Crippen LogP contribution in [-0.2, 0) is 0 Å². The smallest absolute Gasteiger partial charge is 0.350 e. The number of thioether (sulfide) groups is 1. The van der Waals surface area contributed by atoms with Crippen LogP contribution in [0, 0.1) is 0 Å². The van der Waals surface area contributed by atoms with Gasteiger partial charge in [0.1, 0.15) is 11.6 Å². The first kappa shape index (κ1) is 27.2. The number of nitrogens with one attached hydrogen (secondary N) is 1. The zero-order valence-electron chi connectivity index (χ0n) is 23.7. The molecule has 4 aromatic rings. The molecule has 2 unspecified atom stereocenters. The fourth-order valence-electron chi connectivity index (χ4n) is 7.35. The summed E-state index contributed by atoms with van der Waals surface area (Å²) in [6, 6.07) is 6.81. The van der Waals surface area contributed by atoms with E-state index in [1.165, 1.54) is 0 Å². The number of nitrogen functional groups attached to an aromatic ring is 1. The Hall–Kier alpha value is -2.41. The molecule has 0 amide bonds. The molecule has 3 atom stereocenters. The zero-order chi connectivity index (χ0) is 28.5. The molecule has 42 heavy (non-hydrogen) atoms. The molecule has 0 saturated carbocycles. The van der Waals surface area contributed by atoms with Gasteiger partial charge in [0, 0.05) is 90.4 Å². The third-order valence-corrected chi connectivity index (χ3v) is 12.0. The second kappa shape index (κ2) is 10.6. The van der Waals surface area contributed by atoms with Gasteiger partial charge in [0.25, 0.3) is 0 Å². The Balaban J connectivity index is 1.30. The van der Waals surface area contributed by atoms with Crippen molar-refractivity contribution in [1.29, 1.82) is 0 Å². The Bertz CT molecular complexity index is 1740. The van der Waals surface area contributed by atoms with Gasteiger partial charge in [0.2, 0.25) is 0 Å². The third-order valence-electron chi connectivity index (χ3n) is 9.49. The van der Waals surface area contributed by atoms with Gasteiger partial charge in [-0.2, -0.15) is 4.98 Å². The highest BCUT2D eigenvalue weighted by atomic mass is 35.5. The van der Waals surface area contributed by atoms with Crippen LogP contribution in [0.25, 0.3) is 32.2 Å². The Kier molecular flexibility index (Phi) is 6.88. The first-order valence-electron chi connectivity index (χ1n) is 15.0. The molecular formula is C30H35ClN8OS2. The van der Waals surface area contributed by atoms with E-state index in [9.17, 15) is 4.79 Å². The standard InChI is InChI=1S/C30H35ClN8OS2/c1-2-36-7-9-37(10-8-36)14-19-15-42-28-25(21-16-41-23-5-6-24(32)34-26(21)23)22(31)11-20-27(28)39(19)30(40)35-29(20)38-12-17-3-4-18(13-38)33-17/h5-6,11,16-19,33H,2-4,7-10,12-15H2,1H3,(H2,32,34)/t17?,18?,19-/m0/s1. The van der Waals surface area contributed by atoms with Gasteiger partial charge < -0.3 is 20.9 Å². The highest BCUT2D eigenvalue weighted by Crippen LogP contribution is 2.49. The van der Waals surface area contributed by atoms with Gasteiger partial charge in [-0.1, -0.05) is 18.5 Å². The summed E-state index contributed by atoms with van der Waals surface area (Å²) in [5, 5.41) is 7.47. The van der Waals surface area contributed by atoms with E-state index >= 15 is 0 Å². The van der Waals surface area contributed by atoms with E-state index in [1.807, 2.05) is 28.5 Å². The molecule has 7 heterocycles. The molecule has 1 aromatic carbocycles. The summed E-state index contributed by atoms with van der Waals surface area (Å²) in [6.07, 6.45) is 2.33. The van der Waals surface area contributed by atoms with E-state index in [1.54, 1.807) is 11.3 Å². The molecule has 4 aliphatic rings. The lowest BCUT2D eigenvalue weighted by atomic mass is 10.0. The average molecular weight is 623 g/mol. The van der Waals surface area contributed by atoms with Gasteiger partial charge >= 0.3 is 5.69 Å². The summed E-state index contributed by atoms with van der Waals surface area (Å²) in [5.41, 5.74) is 9.70. The van der Waals surface area contributed by atoms with Crippen LogP contribution < -0.4 is 21.6 Å². The van der Waals surface area contributed by atoms with Crippen LogP contribution in [0.2, 0.25) is 5.02 Å². The van der Waals surface area contributed by atoms with Crippen molar-refractivity contribution in [3.63, 3.8) is 0 Å². The van der Waals surface area contributed by atoms with Crippen LogP contribution in [0.4, 0.5) is 11.6 Å². The van der Waals surface area contributed by atoms with Gasteiger partial charge in [-0.3, -0.25) is 9.47 Å². The normalized spacial score (nSPS) is 24.7. The predicted molar refractivity (Wildman–Crippen MR) is 175 cm³/mol. The first-order chi connectivity index (χ1) is 20.5. The Morgan fingerprint density at radius 3 is 2.62 bits per heavy atom. The van der Waals surface area contributed by atoms with Crippen molar-refractivity contribution < 1.29 is 0 Å². The molecule has 0 aliphatic carbocycles. The molecule has 4 aliphatic heterocycles. The maximum atomic E-state index is 14.1. The summed E-state index contributed by atoms with van der Waals surface area (Å²) < 4.78 is 3.06. The summed E-state index contributed by atoms with van der Waals surface area (Å²) >= 11 is 10.7. The number of piperazine rings is 2. The summed E-state index contributed by atoms with van der Waals surface area (Å²) in [4.78, 5) is 32.0. The SMILES string of the molecule is CCN1CCN(C[C@H]2CSc3c(-c4csc5ccc(N)nc45)c(Cl)cc4c(N5CC6CCC(C5)N6)nc(=O)n2c34)CC1. The fraction of sp³-hybridized carbons (Fsp3) is 0.500. The fourth-order valence-corrected chi connectivity index (χ4v) is 9.92. The highest BCUT2D eigenvalue weighted by molar-refractivity contribution is 7.99. The number of hydrogen-bond donors (Lipinski definition) is 2. The van der Waals surface area contributed by atoms with Crippen molar-refractivity contribution in [2.75, 3.05) is 68.7 Å². The van der Waals surface area contributed by atoms with Gasteiger partial charge in [-0.25, -0.2) is 9.78 Å². The lowest BCUT2D eigenvalue weighted by Crippen LogP contribution is -2.52. The number of pyridine rings is 1. The molecule has 0 radical (unpaired) electrons. The van der Waals surface area contributed by atoms with Crippen LogP contribution in [0.15, 0.2) is 33.3 Å². The molecule has 12 heteroatoms. The minimum absolute atomic E-state index is 0.0356. The monoisotopic (exact) mass is 622 g/mol. The Labute approximate surface area is 258 Å². The molecule has 3 saturated heterocycles. The number of fused-ring (bicyclic) bond motifs is 3. The van der Waals surface area contributed by atoms with Crippen LogP contribution in [0.1, 0.15) is 25.8 Å². The number of rotatable bonds is 5.